The summed E-state index contributed by atoms with van der Waals surface area (Å²) in [4.78, 5) is 19.6. The number of carbonyl (C=O) groups is 1. The normalized spacial score (nSPS) is 12.5. The van der Waals surface area contributed by atoms with Crippen LogP contribution in [0.15, 0.2) is 6.20 Å². The number of nitrogen functional groups attached to an aromatic ring is 1. The molecule has 8 heteroatoms. The lowest BCUT2D eigenvalue weighted by Crippen LogP contribution is -2.30. The number of carboxylic acid groups (broad SMARTS) is 1. The molecule has 2 aromatic rings. The van der Waals surface area contributed by atoms with Gasteiger partial charge in [0.15, 0.2) is 5.65 Å². The number of aliphatic carboxylic acids is 1. The van der Waals surface area contributed by atoms with Crippen LogP contribution in [0.25, 0.3) is 11.0 Å². The molecule has 0 saturated heterocycles. The largest absolute Gasteiger partial charge is 0.480 e. The van der Waals surface area contributed by atoms with Crippen molar-refractivity contribution in [2.75, 3.05) is 11.1 Å². The second-order valence-electron chi connectivity index (χ2n) is 4.62. The molecule has 0 radical (unpaired) electrons. The summed E-state index contributed by atoms with van der Waals surface area (Å²) in [7, 11) is 1.74. The van der Waals surface area contributed by atoms with E-state index >= 15 is 0 Å². The van der Waals surface area contributed by atoms with E-state index in [2.05, 4.69) is 20.4 Å². The third-order valence-electron chi connectivity index (χ3n) is 3.07. The van der Waals surface area contributed by atoms with E-state index in [0.717, 1.165) is 12.8 Å². The number of nitrogens with one attached hydrogen (secondary N) is 1. The highest BCUT2D eigenvalue weighted by molar-refractivity contribution is 5.86. The Hall–Kier alpha value is -2.38. The van der Waals surface area contributed by atoms with E-state index in [1.54, 1.807) is 17.9 Å². The molecule has 0 amide bonds. The fourth-order valence-electron chi connectivity index (χ4n) is 1.93. The minimum Gasteiger partial charge on any atom is -0.480 e. The lowest BCUT2D eigenvalue weighted by molar-refractivity contribution is -0.138. The topological polar surface area (TPSA) is 119 Å². The predicted molar refractivity (Wildman–Crippen MR) is 75.3 cm³/mol. The number of nitrogens with two attached hydrogens (primary N) is 1. The first-order valence-electron chi connectivity index (χ1n) is 6.47. The van der Waals surface area contributed by atoms with E-state index in [9.17, 15) is 9.90 Å². The molecular weight excluding hydrogens is 260 g/mol. The third kappa shape index (κ3) is 2.79. The Labute approximate surface area is 116 Å². The van der Waals surface area contributed by atoms with E-state index in [-0.39, 0.29) is 11.8 Å². The summed E-state index contributed by atoms with van der Waals surface area (Å²) in [5.41, 5.74) is 6.40. The maximum atomic E-state index is 11.2. The first kappa shape index (κ1) is 14.0. The Kier molecular flexibility index (Phi) is 4.02. The van der Waals surface area contributed by atoms with Crippen LogP contribution in [-0.2, 0) is 11.8 Å². The molecule has 0 aliphatic heterocycles. The molecule has 0 spiro atoms. The summed E-state index contributed by atoms with van der Waals surface area (Å²) in [6, 6.07) is -0.722. The third-order valence-corrected chi connectivity index (χ3v) is 3.07. The summed E-state index contributed by atoms with van der Waals surface area (Å²) < 4.78 is 1.57. The van der Waals surface area contributed by atoms with Gasteiger partial charge in [-0.3, -0.25) is 4.68 Å². The molecule has 2 aromatic heterocycles. The number of unbranched alkanes of at least 4 members (excludes halogenated alkanes) is 1. The van der Waals surface area contributed by atoms with Crippen LogP contribution in [0.4, 0.5) is 11.8 Å². The summed E-state index contributed by atoms with van der Waals surface area (Å²) in [6.07, 6.45) is 3.83. The molecule has 0 aromatic carbocycles. The van der Waals surface area contributed by atoms with E-state index in [4.69, 9.17) is 5.73 Å². The molecule has 0 fully saturated rings. The standard InChI is InChI=1S/C12H18N6O2/c1-3-4-5-8(11(19)20)15-12-16-9(13)7-6-14-18(2)10(7)17-12/h6,8H,3-5H2,1-2H3,(H,19,20)(H3,13,15,16,17)/t8-/m0/s1. The molecule has 2 heterocycles. The minimum absolute atomic E-state index is 0.210. The van der Waals surface area contributed by atoms with E-state index in [1.807, 2.05) is 6.92 Å². The van der Waals surface area contributed by atoms with Crippen LogP contribution < -0.4 is 11.1 Å². The van der Waals surface area contributed by atoms with Crippen molar-refractivity contribution in [2.45, 2.75) is 32.2 Å². The maximum absolute atomic E-state index is 11.2. The predicted octanol–water partition coefficient (Wildman–Crippen LogP) is 1.00. The number of hydrogen-bond acceptors (Lipinski definition) is 6. The molecule has 0 saturated carbocycles. The van der Waals surface area contributed by atoms with Crippen LogP contribution in [-0.4, -0.2) is 36.9 Å². The van der Waals surface area contributed by atoms with Gasteiger partial charge in [0.2, 0.25) is 5.95 Å². The van der Waals surface area contributed by atoms with Crippen molar-refractivity contribution in [1.29, 1.82) is 0 Å². The first-order chi connectivity index (χ1) is 9.52. The van der Waals surface area contributed by atoms with Gasteiger partial charge >= 0.3 is 5.97 Å². The molecule has 8 nitrogen and oxygen atoms in total. The fraction of sp³-hybridized carbons (Fsp3) is 0.500. The van der Waals surface area contributed by atoms with E-state index < -0.39 is 12.0 Å². The zero-order chi connectivity index (χ0) is 14.7. The van der Waals surface area contributed by atoms with Gasteiger partial charge in [-0.15, -0.1) is 0 Å². The molecule has 0 aliphatic carbocycles. The molecule has 0 unspecified atom stereocenters. The Morgan fingerprint density at radius 3 is 2.95 bits per heavy atom. The van der Waals surface area contributed by atoms with Crippen molar-refractivity contribution < 1.29 is 9.90 Å². The van der Waals surface area contributed by atoms with E-state index in [1.165, 1.54) is 0 Å². The smallest absolute Gasteiger partial charge is 0.326 e. The molecule has 1 atom stereocenters. The second-order valence-corrected chi connectivity index (χ2v) is 4.62. The van der Waals surface area contributed by atoms with E-state index in [0.29, 0.717) is 17.5 Å². The number of rotatable bonds is 6. The first-order valence-corrected chi connectivity index (χ1v) is 6.47. The van der Waals surface area contributed by atoms with Gasteiger partial charge in [0.1, 0.15) is 11.9 Å². The summed E-state index contributed by atoms with van der Waals surface area (Å²) in [6.45, 7) is 2.01. The van der Waals surface area contributed by atoms with Crippen molar-refractivity contribution in [3.63, 3.8) is 0 Å². The summed E-state index contributed by atoms with van der Waals surface area (Å²) >= 11 is 0. The maximum Gasteiger partial charge on any atom is 0.326 e. The lowest BCUT2D eigenvalue weighted by Gasteiger charge is -2.14. The zero-order valence-electron chi connectivity index (χ0n) is 11.5. The highest BCUT2D eigenvalue weighted by atomic mass is 16.4. The van der Waals surface area contributed by atoms with Crippen LogP contribution in [0.1, 0.15) is 26.2 Å². The van der Waals surface area contributed by atoms with Crippen molar-refractivity contribution in [3.8, 4) is 0 Å². The van der Waals surface area contributed by atoms with Gasteiger partial charge < -0.3 is 16.2 Å². The van der Waals surface area contributed by atoms with Gasteiger partial charge in [-0.1, -0.05) is 19.8 Å². The summed E-state index contributed by atoms with van der Waals surface area (Å²) in [5, 5.41) is 16.7. The Bertz CT molecular complexity index is 624. The quantitative estimate of drug-likeness (QED) is 0.721. The highest BCUT2D eigenvalue weighted by Gasteiger charge is 2.19. The fourth-order valence-corrected chi connectivity index (χ4v) is 1.93. The van der Waals surface area contributed by atoms with Crippen LogP contribution in [0.2, 0.25) is 0 Å². The number of anilines is 2. The molecule has 0 bridgehead atoms. The molecule has 4 N–H and O–H groups in total. The van der Waals surface area contributed by atoms with Crippen molar-refractivity contribution in [1.82, 2.24) is 19.7 Å². The molecular formula is C12H18N6O2. The van der Waals surface area contributed by atoms with Crippen LogP contribution in [0, 0.1) is 0 Å². The van der Waals surface area contributed by atoms with Crippen LogP contribution in [0.5, 0.6) is 0 Å². The Balaban J connectivity index is 2.27. The van der Waals surface area contributed by atoms with Crippen molar-refractivity contribution in [2.24, 2.45) is 7.05 Å². The number of aromatic nitrogens is 4. The molecule has 2 rings (SSSR count). The van der Waals surface area contributed by atoms with Gasteiger partial charge in [-0.05, 0) is 6.42 Å². The number of nitrogens with zero attached hydrogens (tertiary/aromatic N) is 4. The Morgan fingerprint density at radius 2 is 2.30 bits per heavy atom. The Morgan fingerprint density at radius 1 is 1.55 bits per heavy atom. The zero-order valence-corrected chi connectivity index (χ0v) is 11.5. The van der Waals surface area contributed by atoms with Gasteiger partial charge in [0.05, 0.1) is 11.6 Å². The van der Waals surface area contributed by atoms with Crippen molar-refractivity contribution in [3.05, 3.63) is 6.20 Å². The second kappa shape index (κ2) is 5.72. The average molecular weight is 278 g/mol. The van der Waals surface area contributed by atoms with Crippen LogP contribution in [0.3, 0.4) is 0 Å². The van der Waals surface area contributed by atoms with Gasteiger partial charge in [-0.25, -0.2) is 4.79 Å². The van der Waals surface area contributed by atoms with Gasteiger partial charge in [-0.2, -0.15) is 15.1 Å². The number of carboxylic acids is 1. The van der Waals surface area contributed by atoms with Crippen molar-refractivity contribution >= 4 is 28.8 Å². The lowest BCUT2D eigenvalue weighted by atomic mass is 10.1. The number of aryl methyl sites for hydroxylation is 1. The average Bonchev–Trinajstić information content (AvgIpc) is 2.77. The molecule has 20 heavy (non-hydrogen) atoms. The molecule has 108 valence electrons. The van der Waals surface area contributed by atoms with Crippen LogP contribution >= 0.6 is 0 Å². The highest BCUT2D eigenvalue weighted by Crippen LogP contribution is 2.19. The number of hydrogen-bond donors (Lipinski definition) is 3. The summed E-state index contributed by atoms with van der Waals surface area (Å²) in [5.74, 6) is -0.432. The minimum atomic E-state index is -0.925. The SMILES string of the molecule is CCCC[C@H](Nc1nc(N)c2cnn(C)c2n1)C(=O)O. The van der Waals surface area contributed by atoms with Gasteiger partial charge in [0.25, 0.3) is 0 Å². The number of fused-ring (bicyclic) bond motifs is 1. The van der Waals surface area contributed by atoms with Gasteiger partial charge in [0, 0.05) is 7.05 Å². The molecule has 0 aliphatic rings. The monoisotopic (exact) mass is 278 g/mol.